The molecule has 8 heteroatoms. The van der Waals surface area contributed by atoms with Crippen molar-refractivity contribution in [1.29, 1.82) is 0 Å². The molecule has 0 aliphatic rings. The van der Waals surface area contributed by atoms with E-state index in [0.29, 0.717) is 28.5 Å². The Balaban J connectivity index is 1.91. The van der Waals surface area contributed by atoms with Crippen LogP contribution in [-0.4, -0.2) is 32.2 Å². The number of methoxy groups -OCH3 is 3. The molecular weight excluding hydrogens is 408 g/mol. The predicted octanol–water partition coefficient (Wildman–Crippen LogP) is 4.34. The summed E-state index contributed by atoms with van der Waals surface area (Å²) in [4.78, 5) is 16.9. The minimum Gasteiger partial charge on any atom is -0.493 e. The van der Waals surface area contributed by atoms with Gasteiger partial charge in [0, 0.05) is 23.4 Å². The maximum absolute atomic E-state index is 12.6. The number of carbonyl (C=O) groups is 1. The number of benzene rings is 2. The van der Waals surface area contributed by atoms with Gasteiger partial charge in [0.1, 0.15) is 0 Å². The first-order chi connectivity index (χ1) is 12.0. The second-order valence-corrected chi connectivity index (χ2v) is 7.32. The van der Waals surface area contributed by atoms with Crippen molar-refractivity contribution >= 4 is 49.1 Å². The second-order valence-electron chi connectivity index (χ2n) is 5.02. The Labute approximate surface area is 156 Å². The van der Waals surface area contributed by atoms with Crippen LogP contribution in [0.2, 0.25) is 0 Å². The van der Waals surface area contributed by atoms with Crippen LogP contribution < -0.4 is 19.5 Å². The van der Waals surface area contributed by atoms with Crippen LogP contribution in [-0.2, 0) is 0 Å². The van der Waals surface area contributed by atoms with Crippen molar-refractivity contribution in [2.45, 2.75) is 0 Å². The summed E-state index contributed by atoms with van der Waals surface area (Å²) in [5, 5.41) is 2.85. The number of nitrogens with zero attached hydrogens (tertiary/aromatic N) is 1. The zero-order valence-corrected chi connectivity index (χ0v) is 16.2. The average Bonchev–Trinajstić information content (AvgIpc) is 2.99. The van der Waals surface area contributed by atoms with Gasteiger partial charge in [0.2, 0.25) is 5.75 Å². The van der Waals surface area contributed by atoms with Crippen molar-refractivity contribution in [3.8, 4) is 17.2 Å². The molecule has 0 fully saturated rings. The van der Waals surface area contributed by atoms with E-state index >= 15 is 0 Å². The molecule has 0 unspecified atom stereocenters. The van der Waals surface area contributed by atoms with Gasteiger partial charge in [-0.15, -0.1) is 11.3 Å². The fraction of sp³-hybridized carbons (Fsp3) is 0.176. The quantitative estimate of drug-likeness (QED) is 0.662. The highest BCUT2D eigenvalue weighted by molar-refractivity contribution is 9.11. The van der Waals surface area contributed by atoms with Crippen LogP contribution in [0.3, 0.4) is 0 Å². The lowest BCUT2D eigenvalue weighted by Crippen LogP contribution is -2.12. The molecule has 25 heavy (non-hydrogen) atoms. The Morgan fingerprint density at radius 2 is 1.76 bits per heavy atom. The number of thiazole rings is 1. The van der Waals surface area contributed by atoms with E-state index in [4.69, 9.17) is 14.2 Å². The van der Waals surface area contributed by atoms with Gasteiger partial charge in [-0.2, -0.15) is 0 Å². The molecule has 0 aliphatic heterocycles. The third kappa shape index (κ3) is 3.54. The zero-order valence-electron chi connectivity index (χ0n) is 13.8. The molecule has 0 bridgehead atoms. The van der Waals surface area contributed by atoms with Gasteiger partial charge in [-0.1, -0.05) is 0 Å². The topological polar surface area (TPSA) is 69.7 Å². The van der Waals surface area contributed by atoms with Crippen molar-refractivity contribution in [2.24, 2.45) is 0 Å². The number of amides is 1. The van der Waals surface area contributed by atoms with Crippen molar-refractivity contribution < 1.29 is 19.0 Å². The van der Waals surface area contributed by atoms with Crippen molar-refractivity contribution in [1.82, 2.24) is 4.98 Å². The number of aromatic nitrogens is 1. The Morgan fingerprint density at radius 1 is 1.08 bits per heavy atom. The van der Waals surface area contributed by atoms with Gasteiger partial charge in [-0.05, 0) is 34.1 Å². The number of hydrogen-bond donors (Lipinski definition) is 1. The maximum Gasteiger partial charge on any atom is 0.255 e. The van der Waals surface area contributed by atoms with Gasteiger partial charge in [0.25, 0.3) is 5.91 Å². The van der Waals surface area contributed by atoms with E-state index < -0.39 is 0 Å². The molecule has 0 saturated carbocycles. The molecule has 0 saturated heterocycles. The summed E-state index contributed by atoms with van der Waals surface area (Å²) in [5.74, 6) is 1.18. The molecule has 1 N–H and O–H groups in total. The highest BCUT2D eigenvalue weighted by atomic mass is 79.9. The number of hydrogen-bond acceptors (Lipinski definition) is 6. The highest BCUT2D eigenvalue weighted by Gasteiger charge is 2.15. The summed E-state index contributed by atoms with van der Waals surface area (Å²) >= 11 is 4.83. The highest BCUT2D eigenvalue weighted by Crippen LogP contribution is 2.40. The predicted molar refractivity (Wildman–Crippen MR) is 101 cm³/mol. The van der Waals surface area contributed by atoms with Crippen LogP contribution in [0.15, 0.2) is 34.2 Å². The van der Waals surface area contributed by atoms with Crippen LogP contribution in [0.1, 0.15) is 10.4 Å². The molecule has 130 valence electrons. The summed E-state index contributed by atoms with van der Waals surface area (Å²) < 4.78 is 17.6. The number of nitrogens with one attached hydrogen (secondary N) is 1. The van der Waals surface area contributed by atoms with Crippen LogP contribution in [0, 0.1) is 0 Å². The molecule has 3 aromatic rings. The lowest BCUT2D eigenvalue weighted by Gasteiger charge is -2.14. The molecule has 0 spiro atoms. The molecule has 1 amide bonds. The molecule has 2 aromatic carbocycles. The van der Waals surface area contributed by atoms with Gasteiger partial charge in [0.15, 0.2) is 15.4 Å². The normalized spacial score (nSPS) is 10.6. The van der Waals surface area contributed by atoms with Crippen LogP contribution >= 0.6 is 27.3 Å². The summed E-state index contributed by atoms with van der Waals surface area (Å²) in [7, 11) is 4.58. The zero-order chi connectivity index (χ0) is 18.0. The Bertz CT molecular complexity index is 917. The smallest absolute Gasteiger partial charge is 0.255 e. The summed E-state index contributed by atoms with van der Waals surface area (Å²) in [6, 6.07) is 8.73. The van der Waals surface area contributed by atoms with Crippen LogP contribution in [0.5, 0.6) is 17.2 Å². The standard InChI is InChI=1S/C17H15BrN2O4S/c1-22-12-7-10(8-13(23-2)15(12)24-3)19-16(21)9-4-5-11-14(6-9)25-17(18)20-11/h4-8H,1-3H3,(H,19,21). The van der Waals surface area contributed by atoms with E-state index in [1.54, 1.807) is 18.2 Å². The molecule has 6 nitrogen and oxygen atoms in total. The molecule has 1 heterocycles. The Morgan fingerprint density at radius 3 is 2.36 bits per heavy atom. The minimum atomic E-state index is -0.235. The number of halogens is 1. The monoisotopic (exact) mass is 422 g/mol. The van der Waals surface area contributed by atoms with E-state index in [2.05, 4.69) is 26.2 Å². The van der Waals surface area contributed by atoms with Gasteiger partial charge in [-0.3, -0.25) is 4.79 Å². The molecule has 0 atom stereocenters. The number of fused-ring (bicyclic) bond motifs is 1. The second kappa shape index (κ2) is 7.28. The fourth-order valence-electron chi connectivity index (χ4n) is 2.39. The van der Waals surface area contributed by atoms with Crippen LogP contribution in [0.25, 0.3) is 10.2 Å². The first-order valence-electron chi connectivity index (χ1n) is 7.23. The van der Waals surface area contributed by atoms with E-state index in [1.807, 2.05) is 12.1 Å². The van der Waals surface area contributed by atoms with Crippen molar-refractivity contribution in [3.05, 3.63) is 39.8 Å². The lowest BCUT2D eigenvalue weighted by molar-refractivity contribution is 0.102. The Kier molecular flexibility index (Phi) is 5.10. The maximum atomic E-state index is 12.6. The summed E-state index contributed by atoms with van der Waals surface area (Å²) in [6.45, 7) is 0. The first-order valence-corrected chi connectivity index (χ1v) is 8.84. The molecule has 0 radical (unpaired) electrons. The fourth-order valence-corrected chi connectivity index (χ4v) is 3.84. The summed E-state index contributed by atoms with van der Waals surface area (Å²) in [5.41, 5.74) is 1.93. The number of anilines is 1. The minimum absolute atomic E-state index is 0.235. The van der Waals surface area contributed by atoms with E-state index in [1.165, 1.54) is 32.7 Å². The number of ether oxygens (including phenoxy) is 3. The molecule has 1 aromatic heterocycles. The largest absolute Gasteiger partial charge is 0.493 e. The molecular formula is C17H15BrN2O4S. The third-order valence-corrected chi connectivity index (χ3v) is 5.02. The first kappa shape index (κ1) is 17.5. The van der Waals surface area contributed by atoms with Crippen molar-refractivity contribution in [2.75, 3.05) is 26.6 Å². The van der Waals surface area contributed by atoms with E-state index in [0.717, 1.165) is 14.1 Å². The Hall–Kier alpha value is -2.32. The van der Waals surface area contributed by atoms with Crippen LogP contribution in [0.4, 0.5) is 5.69 Å². The number of carbonyl (C=O) groups excluding carboxylic acids is 1. The number of rotatable bonds is 5. The van der Waals surface area contributed by atoms with Crippen molar-refractivity contribution in [3.63, 3.8) is 0 Å². The summed E-state index contributed by atoms with van der Waals surface area (Å²) in [6.07, 6.45) is 0. The molecule has 3 rings (SSSR count). The lowest BCUT2D eigenvalue weighted by atomic mass is 10.2. The van der Waals surface area contributed by atoms with Gasteiger partial charge in [0.05, 0.1) is 31.5 Å². The third-order valence-electron chi connectivity index (χ3n) is 3.55. The van der Waals surface area contributed by atoms with E-state index in [9.17, 15) is 4.79 Å². The van der Waals surface area contributed by atoms with Gasteiger partial charge < -0.3 is 19.5 Å². The average molecular weight is 423 g/mol. The van der Waals surface area contributed by atoms with E-state index in [-0.39, 0.29) is 5.91 Å². The van der Waals surface area contributed by atoms with Gasteiger partial charge in [-0.25, -0.2) is 4.98 Å². The SMILES string of the molecule is COc1cc(NC(=O)c2ccc3nc(Br)sc3c2)cc(OC)c1OC. The van der Waals surface area contributed by atoms with Gasteiger partial charge >= 0.3 is 0 Å². The molecule has 0 aliphatic carbocycles.